The minimum absolute atomic E-state index is 0.0312. The molecule has 0 aliphatic heterocycles. The molecular formula is C10H13ClO. The van der Waals surface area contributed by atoms with Crippen LogP contribution in [0.5, 0.6) is 0 Å². The molecule has 0 aromatic heterocycles. The molecule has 2 atom stereocenters. The zero-order valence-corrected chi connectivity index (χ0v) is 7.81. The van der Waals surface area contributed by atoms with E-state index in [-0.39, 0.29) is 5.41 Å². The highest BCUT2D eigenvalue weighted by atomic mass is 35.5. The third-order valence-corrected chi connectivity index (χ3v) is 3.53. The van der Waals surface area contributed by atoms with E-state index < -0.39 is 0 Å². The lowest BCUT2D eigenvalue weighted by Crippen LogP contribution is -2.50. The third-order valence-electron chi connectivity index (χ3n) is 3.34. The number of carbonyl (C=O) groups excluding carboxylic acids is 1. The molecule has 1 nitrogen and oxygen atoms in total. The number of alkyl halides is 1. The molecule has 2 aliphatic rings. The normalized spacial score (nSPS) is 39.1. The molecule has 0 aromatic carbocycles. The highest BCUT2D eigenvalue weighted by molar-refractivity contribution is 6.18. The molecule has 0 aromatic rings. The summed E-state index contributed by atoms with van der Waals surface area (Å²) in [4.78, 5) is 11.5. The SMILES string of the molecule is O=C1CC2C=CCCC12CCCl. The molecule has 1 fully saturated rings. The summed E-state index contributed by atoms with van der Waals surface area (Å²) in [5.74, 6) is 1.57. The summed E-state index contributed by atoms with van der Waals surface area (Å²) in [6, 6.07) is 0. The van der Waals surface area contributed by atoms with Crippen LogP contribution >= 0.6 is 11.6 Å². The number of carbonyl (C=O) groups is 1. The van der Waals surface area contributed by atoms with Crippen molar-refractivity contribution in [3.05, 3.63) is 12.2 Å². The van der Waals surface area contributed by atoms with Crippen molar-refractivity contribution in [2.45, 2.75) is 25.7 Å². The Hall–Kier alpha value is -0.300. The van der Waals surface area contributed by atoms with Gasteiger partial charge in [0.15, 0.2) is 0 Å². The van der Waals surface area contributed by atoms with Crippen molar-refractivity contribution >= 4 is 17.4 Å². The summed E-state index contributed by atoms with van der Waals surface area (Å²) in [5.41, 5.74) is -0.0312. The summed E-state index contributed by atoms with van der Waals surface area (Å²) in [7, 11) is 0. The van der Waals surface area contributed by atoms with Crippen LogP contribution in [0.25, 0.3) is 0 Å². The smallest absolute Gasteiger partial charge is 0.140 e. The van der Waals surface area contributed by atoms with Gasteiger partial charge in [0.25, 0.3) is 0 Å². The predicted octanol–water partition coefficient (Wildman–Crippen LogP) is 2.54. The van der Waals surface area contributed by atoms with Crippen LogP contribution in [-0.2, 0) is 4.79 Å². The molecule has 2 aliphatic carbocycles. The van der Waals surface area contributed by atoms with Gasteiger partial charge in [-0.15, -0.1) is 11.6 Å². The third kappa shape index (κ3) is 0.957. The van der Waals surface area contributed by atoms with Crippen LogP contribution < -0.4 is 0 Å². The lowest BCUT2D eigenvalue weighted by Gasteiger charge is -2.48. The van der Waals surface area contributed by atoms with E-state index in [1.54, 1.807) is 0 Å². The molecule has 0 bridgehead atoms. The second-order valence-corrected chi connectivity index (χ2v) is 4.17. The standard InChI is InChI=1S/C10H13ClO/c11-6-5-10-4-2-1-3-8(10)7-9(10)12/h1,3,8H,2,4-7H2. The van der Waals surface area contributed by atoms with Crippen molar-refractivity contribution in [1.29, 1.82) is 0 Å². The van der Waals surface area contributed by atoms with E-state index in [1.165, 1.54) is 0 Å². The number of fused-ring (bicyclic) bond motifs is 1. The number of Topliss-reactive ketones (excluding diaryl/α,β-unsaturated/α-hetero) is 1. The van der Waals surface area contributed by atoms with Crippen molar-refractivity contribution in [3.63, 3.8) is 0 Å². The molecule has 12 heavy (non-hydrogen) atoms. The molecular weight excluding hydrogens is 172 g/mol. The van der Waals surface area contributed by atoms with Gasteiger partial charge in [-0.25, -0.2) is 0 Å². The molecule has 0 heterocycles. The number of hydrogen-bond acceptors (Lipinski definition) is 1. The van der Waals surface area contributed by atoms with E-state index in [4.69, 9.17) is 11.6 Å². The lowest BCUT2D eigenvalue weighted by atomic mass is 9.54. The lowest BCUT2D eigenvalue weighted by molar-refractivity contribution is -0.144. The van der Waals surface area contributed by atoms with Crippen molar-refractivity contribution in [2.75, 3.05) is 5.88 Å². The quantitative estimate of drug-likeness (QED) is 0.476. The minimum atomic E-state index is -0.0312. The van der Waals surface area contributed by atoms with Gasteiger partial charge in [-0.1, -0.05) is 12.2 Å². The Morgan fingerprint density at radius 3 is 3.08 bits per heavy atom. The number of rotatable bonds is 2. The summed E-state index contributed by atoms with van der Waals surface area (Å²) in [5, 5.41) is 0. The second-order valence-electron chi connectivity index (χ2n) is 3.80. The van der Waals surface area contributed by atoms with Crippen LogP contribution in [0.1, 0.15) is 25.7 Å². The molecule has 66 valence electrons. The first-order chi connectivity index (χ1) is 5.79. The molecule has 2 unspecified atom stereocenters. The molecule has 0 N–H and O–H groups in total. The van der Waals surface area contributed by atoms with E-state index in [0.717, 1.165) is 25.7 Å². The molecule has 0 amide bonds. The Morgan fingerprint density at radius 2 is 2.50 bits per heavy atom. The summed E-state index contributed by atoms with van der Waals surface area (Å²) < 4.78 is 0. The summed E-state index contributed by atoms with van der Waals surface area (Å²) in [6.07, 6.45) is 8.12. The Kier molecular flexibility index (Phi) is 1.99. The van der Waals surface area contributed by atoms with Gasteiger partial charge in [-0.05, 0) is 25.2 Å². The van der Waals surface area contributed by atoms with Gasteiger partial charge in [0.1, 0.15) is 5.78 Å². The maximum absolute atomic E-state index is 11.5. The van der Waals surface area contributed by atoms with E-state index in [2.05, 4.69) is 12.2 Å². The fourth-order valence-corrected chi connectivity index (χ4v) is 2.81. The average molecular weight is 185 g/mol. The first-order valence-electron chi connectivity index (χ1n) is 4.55. The van der Waals surface area contributed by atoms with E-state index in [9.17, 15) is 4.79 Å². The van der Waals surface area contributed by atoms with Gasteiger partial charge in [0.2, 0.25) is 0 Å². The molecule has 2 heteroatoms. The maximum Gasteiger partial charge on any atom is 0.140 e. The molecule has 0 spiro atoms. The molecule has 2 rings (SSSR count). The van der Waals surface area contributed by atoms with Crippen LogP contribution in [0.3, 0.4) is 0 Å². The van der Waals surface area contributed by atoms with Crippen molar-refractivity contribution in [1.82, 2.24) is 0 Å². The van der Waals surface area contributed by atoms with Gasteiger partial charge in [-0.3, -0.25) is 4.79 Å². The van der Waals surface area contributed by atoms with Crippen molar-refractivity contribution in [3.8, 4) is 0 Å². The number of ketones is 1. The van der Waals surface area contributed by atoms with Gasteiger partial charge >= 0.3 is 0 Å². The minimum Gasteiger partial charge on any atom is -0.299 e. The van der Waals surface area contributed by atoms with Crippen LogP contribution in [0.4, 0.5) is 0 Å². The number of halogens is 1. The van der Waals surface area contributed by atoms with E-state index >= 15 is 0 Å². The highest BCUT2D eigenvalue weighted by Gasteiger charge is 2.52. The molecule has 0 saturated heterocycles. The number of allylic oxidation sites excluding steroid dienone is 2. The van der Waals surface area contributed by atoms with Gasteiger partial charge in [0, 0.05) is 17.7 Å². The Bertz CT molecular complexity index is 234. The first-order valence-corrected chi connectivity index (χ1v) is 5.09. The Morgan fingerprint density at radius 1 is 1.67 bits per heavy atom. The zero-order chi connectivity index (χ0) is 8.60. The summed E-state index contributed by atoms with van der Waals surface area (Å²) in [6.45, 7) is 0. The van der Waals surface area contributed by atoms with Crippen LogP contribution in [0, 0.1) is 11.3 Å². The highest BCUT2D eigenvalue weighted by Crippen LogP contribution is 2.52. The van der Waals surface area contributed by atoms with Crippen LogP contribution in [-0.4, -0.2) is 11.7 Å². The largest absolute Gasteiger partial charge is 0.299 e. The number of hydrogen-bond donors (Lipinski definition) is 0. The topological polar surface area (TPSA) is 17.1 Å². The second kappa shape index (κ2) is 2.88. The predicted molar refractivity (Wildman–Crippen MR) is 49.3 cm³/mol. The Labute approximate surface area is 77.8 Å². The fourth-order valence-electron chi connectivity index (χ4n) is 2.47. The fraction of sp³-hybridized carbons (Fsp3) is 0.700. The van der Waals surface area contributed by atoms with Gasteiger partial charge < -0.3 is 0 Å². The van der Waals surface area contributed by atoms with E-state index in [0.29, 0.717) is 17.6 Å². The Balaban J connectivity index is 2.18. The molecule has 0 radical (unpaired) electrons. The van der Waals surface area contributed by atoms with Crippen molar-refractivity contribution < 1.29 is 4.79 Å². The molecule has 1 saturated carbocycles. The maximum atomic E-state index is 11.5. The van der Waals surface area contributed by atoms with E-state index in [1.807, 2.05) is 0 Å². The zero-order valence-electron chi connectivity index (χ0n) is 7.05. The van der Waals surface area contributed by atoms with Gasteiger partial charge in [-0.2, -0.15) is 0 Å². The monoisotopic (exact) mass is 184 g/mol. The average Bonchev–Trinajstić information content (AvgIpc) is 2.07. The van der Waals surface area contributed by atoms with Crippen LogP contribution in [0.15, 0.2) is 12.2 Å². The van der Waals surface area contributed by atoms with Crippen molar-refractivity contribution in [2.24, 2.45) is 11.3 Å². The first kappa shape index (κ1) is 8.31. The summed E-state index contributed by atoms with van der Waals surface area (Å²) >= 11 is 5.71. The van der Waals surface area contributed by atoms with Gasteiger partial charge in [0.05, 0.1) is 0 Å². The van der Waals surface area contributed by atoms with Crippen LogP contribution in [0.2, 0.25) is 0 Å².